The molecule has 4 atom stereocenters. The smallest absolute Gasteiger partial charge is 0.222 e. The quantitative estimate of drug-likeness (QED) is 0.653. The molecule has 0 aromatic carbocycles. The minimum absolute atomic E-state index is 0.449. The van der Waals surface area contributed by atoms with Crippen LogP contribution in [0.15, 0.2) is 0 Å². The van der Waals surface area contributed by atoms with Gasteiger partial charge in [-0.3, -0.25) is 9.69 Å². The van der Waals surface area contributed by atoms with E-state index in [0.29, 0.717) is 11.9 Å². The highest BCUT2D eigenvalue weighted by Gasteiger charge is 2.47. The van der Waals surface area contributed by atoms with Gasteiger partial charge in [-0.25, -0.2) is 0 Å². The summed E-state index contributed by atoms with van der Waals surface area (Å²) in [5.74, 6) is 2.01. The number of carbonyl (C=O) groups excluding carboxylic acids is 1. The van der Waals surface area contributed by atoms with Gasteiger partial charge in [-0.05, 0) is 50.5 Å². The highest BCUT2D eigenvalue weighted by atomic mass is 16.2. The van der Waals surface area contributed by atoms with Crippen molar-refractivity contribution in [3.63, 3.8) is 0 Å². The van der Waals surface area contributed by atoms with E-state index >= 15 is 0 Å². The lowest BCUT2D eigenvalue weighted by atomic mass is 9.71. The van der Waals surface area contributed by atoms with E-state index in [-0.39, 0.29) is 0 Å². The van der Waals surface area contributed by atoms with E-state index in [1.807, 2.05) is 0 Å². The summed E-state index contributed by atoms with van der Waals surface area (Å²) in [7, 11) is 0. The molecule has 18 heavy (non-hydrogen) atoms. The third-order valence-corrected chi connectivity index (χ3v) is 5.87. The molecule has 0 aliphatic carbocycles. The molecule has 0 unspecified atom stereocenters. The van der Waals surface area contributed by atoms with Crippen LogP contribution in [0.2, 0.25) is 0 Å². The molecule has 4 heterocycles. The summed E-state index contributed by atoms with van der Waals surface area (Å²) in [6.07, 6.45) is 8.78. The van der Waals surface area contributed by atoms with Crippen LogP contribution in [0.25, 0.3) is 0 Å². The van der Waals surface area contributed by atoms with Crippen molar-refractivity contribution in [2.75, 3.05) is 19.6 Å². The first kappa shape index (κ1) is 11.3. The third-order valence-electron chi connectivity index (χ3n) is 5.87. The molecule has 1 amide bonds. The van der Waals surface area contributed by atoms with E-state index in [1.54, 1.807) is 0 Å². The van der Waals surface area contributed by atoms with Crippen LogP contribution in [0.3, 0.4) is 0 Å². The molecule has 4 fully saturated rings. The lowest BCUT2D eigenvalue weighted by Gasteiger charge is -2.56. The fourth-order valence-corrected chi connectivity index (χ4v) is 5.10. The summed E-state index contributed by atoms with van der Waals surface area (Å²) in [6.45, 7) is 3.66. The SMILES string of the molecule is O=C1CCC[C@H]2[C@@H]3C[C@H](CN12)[C@H]1CCCCN1C3. The van der Waals surface area contributed by atoms with E-state index < -0.39 is 0 Å². The maximum Gasteiger partial charge on any atom is 0.222 e. The zero-order valence-corrected chi connectivity index (χ0v) is 11.2. The Morgan fingerprint density at radius 1 is 0.944 bits per heavy atom. The highest BCUT2D eigenvalue weighted by Crippen LogP contribution is 2.42. The number of carbonyl (C=O) groups is 1. The van der Waals surface area contributed by atoms with Crippen molar-refractivity contribution in [3.8, 4) is 0 Å². The van der Waals surface area contributed by atoms with Crippen LogP contribution in [-0.2, 0) is 4.79 Å². The first-order valence-corrected chi connectivity index (χ1v) is 7.86. The molecule has 4 saturated heterocycles. The number of amides is 1. The summed E-state index contributed by atoms with van der Waals surface area (Å²) in [6, 6.07) is 1.39. The molecule has 4 rings (SSSR count). The van der Waals surface area contributed by atoms with Gasteiger partial charge in [-0.15, -0.1) is 0 Å². The van der Waals surface area contributed by atoms with Crippen LogP contribution in [-0.4, -0.2) is 47.4 Å². The predicted octanol–water partition coefficient (Wildman–Crippen LogP) is 1.87. The summed E-state index contributed by atoms with van der Waals surface area (Å²) >= 11 is 0. The standard InChI is InChI=1S/C15H24N2O/c18-15-6-3-5-14-11-8-12(10-17(14)15)13-4-1-2-7-16(13)9-11/h11-14H,1-10H2/t11-,12-,13-,14+/m1/s1. The van der Waals surface area contributed by atoms with Gasteiger partial charge >= 0.3 is 0 Å². The van der Waals surface area contributed by atoms with Crippen molar-refractivity contribution >= 4 is 5.91 Å². The molecule has 2 bridgehead atoms. The number of fused-ring (bicyclic) bond motifs is 6. The van der Waals surface area contributed by atoms with Crippen molar-refractivity contribution in [1.29, 1.82) is 0 Å². The molecule has 0 aromatic rings. The van der Waals surface area contributed by atoms with E-state index in [0.717, 1.165) is 37.3 Å². The Balaban J connectivity index is 1.59. The molecule has 3 nitrogen and oxygen atoms in total. The lowest BCUT2D eigenvalue weighted by Crippen LogP contribution is -2.64. The van der Waals surface area contributed by atoms with Crippen LogP contribution in [0.1, 0.15) is 44.9 Å². The van der Waals surface area contributed by atoms with Gasteiger partial charge in [0.25, 0.3) is 0 Å². The topological polar surface area (TPSA) is 23.6 Å². The Kier molecular flexibility index (Phi) is 2.65. The summed E-state index contributed by atoms with van der Waals surface area (Å²) in [4.78, 5) is 17.2. The maximum atomic E-state index is 12.1. The van der Waals surface area contributed by atoms with Gasteiger partial charge in [0, 0.05) is 31.6 Å². The molecule has 0 spiro atoms. The molecular formula is C15H24N2O. The van der Waals surface area contributed by atoms with E-state index in [1.165, 1.54) is 45.2 Å². The average molecular weight is 248 g/mol. The molecule has 3 heteroatoms. The fraction of sp³-hybridized carbons (Fsp3) is 0.933. The summed E-state index contributed by atoms with van der Waals surface area (Å²) < 4.78 is 0. The molecule has 0 radical (unpaired) electrons. The minimum atomic E-state index is 0.449. The Labute approximate surface area is 110 Å². The van der Waals surface area contributed by atoms with E-state index in [4.69, 9.17) is 0 Å². The van der Waals surface area contributed by atoms with Crippen molar-refractivity contribution in [2.24, 2.45) is 11.8 Å². The molecule has 0 aromatic heterocycles. The Hall–Kier alpha value is -0.570. The maximum absolute atomic E-state index is 12.1. The highest BCUT2D eigenvalue weighted by molar-refractivity contribution is 5.77. The van der Waals surface area contributed by atoms with Gasteiger partial charge in [0.15, 0.2) is 0 Å². The van der Waals surface area contributed by atoms with Crippen molar-refractivity contribution in [1.82, 2.24) is 9.80 Å². The number of hydrogen-bond acceptors (Lipinski definition) is 2. The summed E-state index contributed by atoms with van der Waals surface area (Å²) in [5.41, 5.74) is 0. The Morgan fingerprint density at radius 3 is 2.72 bits per heavy atom. The largest absolute Gasteiger partial charge is 0.339 e. The third kappa shape index (κ3) is 1.63. The monoisotopic (exact) mass is 248 g/mol. The van der Waals surface area contributed by atoms with Crippen LogP contribution < -0.4 is 0 Å². The van der Waals surface area contributed by atoms with E-state index in [9.17, 15) is 4.79 Å². The van der Waals surface area contributed by atoms with E-state index in [2.05, 4.69) is 9.80 Å². The van der Waals surface area contributed by atoms with Gasteiger partial charge in [-0.2, -0.15) is 0 Å². The van der Waals surface area contributed by atoms with Gasteiger partial charge in [-0.1, -0.05) is 6.42 Å². The van der Waals surface area contributed by atoms with Gasteiger partial charge < -0.3 is 4.90 Å². The van der Waals surface area contributed by atoms with Crippen LogP contribution in [0.4, 0.5) is 0 Å². The van der Waals surface area contributed by atoms with Crippen molar-refractivity contribution in [2.45, 2.75) is 57.0 Å². The Morgan fingerprint density at radius 2 is 1.78 bits per heavy atom. The molecular weight excluding hydrogens is 224 g/mol. The Bertz CT molecular complexity index is 356. The molecule has 0 N–H and O–H groups in total. The number of hydrogen-bond donors (Lipinski definition) is 0. The van der Waals surface area contributed by atoms with Crippen molar-refractivity contribution in [3.05, 3.63) is 0 Å². The average Bonchev–Trinajstić information content (AvgIpc) is 2.40. The second kappa shape index (κ2) is 4.22. The molecule has 100 valence electrons. The second-order valence-electron chi connectivity index (χ2n) is 6.82. The first-order chi connectivity index (χ1) is 8.83. The fourth-order valence-electron chi connectivity index (χ4n) is 5.10. The second-order valence-corrected chi connectivity index (χ2v) is 6.82. The van der Waals surface area contributed by atoms with Crippen LogP contribution in [0, 0.1) is 11.8 Å². The minimum Gasteiger partial charge on any atom is -0.339 e. The van der Waals surface area contributed by atoms with Gasteiger partial charge in [0.1, 0.15) is 0 Å². The zero-order chi connectivity index (χ0) is 12.1. The number of rotatable bonds is 0. The van der Waals surface area contributed by atoms with Crippen LogP contribution >= 0.6 is 0 Å². The number of piperidine rings is 4. The van der Waals surface area contributed by atoms with Gasteiger partial charge in [0.05, 0.1) is 0 Å². The normalized spacial score (nSPS) is 44.4. The molecule has 4 aliphatic heterocycles. The predicted molar refractivity (Wildman–Crippen MR) is 70.2 cm³/mol. The lowest BCUT2D eigenvalue weighted by molar-refractivity contribution is -0.148. The van der Waals surface area contributed by atoms with Gasteiger partial charge in [0.2, 0.25) is 5.91 Å². The molecule has 0 saturated carbocycles. The van der Waals surface area contributed by atoms with Crippen LogP contribution in [0.5, 0.6) is 0 Å². The summed E-state index contributed by atoms with van der Waals surface area (Å²) in [5, 5.41) is 0. The molecule has 4 aliphatic rings. The van der Waals surface area contributed by atoms with Crippen molar-refractivity contribution < 1.29 is 4.79 Å². The number of nitrogens with zero attached hydrogens (tertiary/aromatic N) is 2. The zero-order valence-electron chi connectivity index (χ0n) is 11.2. The first-order valence-electron chi connectivity index (χ1n) is 7.86.